The van der Waals surface area contributed by atoms with Crippen LogP contribution in [0.1, 0.15) is 20.8 Å². The summed E-state index contributed by atoms with van der Waals surface area (Å²) in [4.78, 5) is 19.0. The van der Waals surface area contributed by atoms with E-state index in [1.54, 1.807) is 6.92 Å². The van der Waals surface area contributed by atoms with E-state index >= 15 is 0 Å². The number of halogens is 3. The first-order valence-electron chi connectivity index (χ1n) is 3.55. The fraction of sp³-hybridized carbons (Fsp3) is 0.714. The van der Waals surface area contributed by atoms with Gasteiger partial charge < -0.3 is 15.3 Å². The molecule has 0 saturated heterocycles. The van der Waals surface area contributed by atoms with Gasteiger partial charge in [-0.3, -0.25) is 0 Å². The van der Waals surface area contributed by atoms with Gasteiger partial charge in [0.25, 0.3) is 0 Å². The lowest BCUT2D eigenvalue weighted by molar-refractivity contribution is -0.114. The lowest BCUT2D eigenvalue weighted by atomic mass is 10.6. The molecule has 0 spiro atoms. The van der Waals surface area contributed by atoms with Crippen molar-refractivity contribution in [3.63, 3.8) is 0 Å². The summed E-state index contributed by atoms with van der Waals surface area (Å²) >= 11 is 14.4. The average Bonchev–Trinajstić information content (AvgIpc) is 1.82. The minimum Gasteiger partial charge on any atom is -0.450 e. The number of ketones is 1. The van der Waals surface area contributed by atoms with Crippen molar-refractivity contribution >= 4 is 46.7 Å². The van der Waals surface area contributed by atoms with E-state index in [2.05, 4.69) is 10.5 Å². The van der Waals surface area contributed by atoms with E-state index in [1.807, 2.05) is 0 Å². The Bertz CT molecular complexity index is 146. The molecule has 0 atom stereocenters. The summed E-state index contributed by atoms with van der Waals surface area (Å²) in [5.74, 6) is 0.167. The molecule has 14 heavy (non-hydrogen) atoms. The molecular weight excluding hydrogens is 252 g/mol. The fourth-order valence-electron chi connectivity index (χ4n) is 0.142. The van der Waals surface area contributed by atoms with E-state index in [0.717, 1.165) is 0 Å². The Balaban J connectivity index is -0.000000135. The Kier molecular flexibility index (Phi) is 21.2. The van der Waals surface area contributed by atoms with Crippen LogP contribution in [0.25, 0.3) is 0 Å². The number of carbonyl (C=O) groups excluding carboxylic acids is 2. The van der Waals surface area contributed by atoms with Crippen molar-refractivity contribution in [2.24, 2.45) is 5.73 Å². The van der Waals surface area contributed by atoms with Gasteiger partial charge in [0.15, 0.2) is 4.30 Å². The number of hydrogen-bond donors (Lipinski definition) is 1. The second-order valence-corrected chi connectivity index (χ2v) is 3.89. The van der Waals surface area contributed by atoms with Gasteiger partial charge in [-0.1, -0.05) is 34.8 Å². The van der Waals surface area contributed by atoms with Crippen LogP contribution < -0.4 is 5.73 Å². The third-order valence-corrected chi connectivity index (χ3v) is 0.287. The molecule has 0 bridgehead atoms. The molecule has 7 heteroatoms. The molecule has 0 fully saturated rings. The Hall–Kier alpha value is -0.190. The van der Waals surface area contributed by atoms with Crippen LogP contribution in [0.3, 0.4) is 0 Å². The van der Waals surface area contributed by atoms with Crippen molar-refractivity contribution < 1.29 is 14.3 Å². The summed E-state index contributed by atoms with van der Waals surface area (Å²) in [7, 11) is 0. The summed E-state index contributed by atoms with van der Waals surface area (Å²) in [6.45, 7) is 5.11. The Morgan fingerprint density at radius 1 is 1.29 bits per heavy atom. The molecule has 2 N–H and O–H groups in total. The number of ether oxygens (including phenoxy) is 1. The molecule has 1 amide bonds. The molecule has 0 aromatic heterocycles. The van der Waals surface area contributed by atoms with Crippen LogP contribution in [0.4, 0.5) is 4.79 Å². The smallest absolute Gasteiger partial charge is 0.404 e. The largest absolute Gasteiger partial charge is 0.450 e. The van der Waals surface area contributed by atoms with Gasteiger partial charge >= 0.3 is 6.09 Å². The van der Waals surface area contributed by atoms with Gasteiger partial charge in [0.2, 0.25) is 0 Å². The molecule has 0 rings (SSSR count). The second kappa shape index (κ2) is 15.3. The molecular formula is C7H14Cl3NO3. The van der Waals surface area contributed by atoms with Gasteiger partial charge in [-0.2, -0.15) is 0 Å². The molecule has 0 radical (unpaired) electrons. The maximum Gasteiger partial charge on any atom is 0.404 e. The third kappa shape index (κ3) is 175. The number of alkyl halides is 3. The van der Waals surface area contributed by atoms with Gasteiger partial charge in [-0.25, -0.2) is 4.79 Å². The van der Waals surface area contributed by atoms with Crippen LogP contribution >= 0.6 is 34.8 Å². The Labute approximate surface area is 98.6 Å². The van der Waals surface area contributed by atoms with Crippen LogP contribution in [0, 0.1) is 0 Å². The Morgan fingerprint density at radius 3 is 1.50 bits per heavy atom. The normalized spacial score (nSPS) is 7.64. The van der Waals surface area contributed by atoms with Crippen molar-refractivity contribution in [3.8, 4) is 0 Å². The van der Waals surface area contributed by atoms with E-state index < -0.39 is 10.4 Å². The van der Waals surface area contributed by atoms with Gasteiger partial charge in [0.05, 0.1) is 6.61 Å². The molecule has 0 aliphatic heterocycles. The van der Waals surface area contributed by atoms with Gasteiger partial charge in [0, 0.05) is 0 Å². The molecule has 86 valence electrons. The molecule has 0 heterocycles. The number of nitrogens with two attached hydrogens (primary N) is 1. The number of rotatable bonds is 1. The van der Waals surface area contributed by atoms with Crippen molar-refractivity contribution in [2.75, 3.05) is 6.61 Å². The summed E-state index contributed by atoms with van der Waals surface area (Å²) in [5.41, 5.74) is 4.54. The van der Waals surface area contributed by atoms with Crippen LogP contribution in [-0.2, 0) is 9.53 Å². The SMILES string of the molecule is CC(C)=O.CCOC(N)=O.ClC(Cl)Cl. The molecule has 0 aromatic carbocycles. The van der Waals surface area contributed by atoms with E-state index in [9.17, 15) is 9.59 Å². The first kappa shape index (κ1) is 19.4. The first-order chi connectivity index (χ1) is 6.23. The predicted octanol–water partition coefficient (Wildman–Crippen LogP) is 2.68. The third-order valence-electron chi connectivity index (χ3n) is 0.287. The van der Waals surface area contributed by atoms with Gasteiger partial charge in [0.1, 0.15) is 5.78 Å². The number of Topliss-reactive ketones (excluding diaryl/α,β-unsaturated/α-hetero) is 1. The maximum absolute atomic E-state index is 9.60. The van der Waals surface area contributed by atoms with Crippen LogP contribution in [0.15, 0.2) is 0 Å². The quantitative estimate of drug-likeness (QED) is 0.742. The monoisotopic (exact) mass is 265 g/mol. The number of carbonyl (C=O) groups is 2. The van der Waals surface area contributed by atoms with Crippen molar-refractivity contribution in [1.82, 2.24) is 0 Å². The number of amides is 1. The fourth-order valence-corrected chi connectivity index (χ4v) is 0.142. The lowest BCUT2D eigenvalue weighted by Crippen LogP contribution is -2.11. The van der Waals surface area contributed by atoms with Crippen molar-refractivity contribution in [1.29, 1.82) is 0 Å². The summed E-state index contributed by atoms with van der Waals surface area (Å²) in [6.07, 6.45) is -0.711. The van der Waals surface area contributed by atoms with Crippen molar-refractivity contribution in [3.05, 3.63) is 0 Å². The van der Waals surface area contributed by atoms with E-state index in [-0.39, 0.29) is 5.78 Å². The zero-order valence-electron chi connectivity index (χ0n) is 8.22. The number of hydrogen-bond acceptors (Lipinski definition) is 3. The zero-order valence-corrected chi connectivity index (χ0v) is 10.5. The predicted molar refractivity (Wildman–Crippen MR) is 58.9 cm³/mol. The zero-order chi connectivity index (χ0) is 12.1. The maximum atomic E-state index is 9.60. The standard InChI is InChI=1S/C3H7NO2.C3H6O.CHCl3/c1-2-6-3(4)5;1-3(2)4;2-1(3)4/h2H2,1H3,(H2,4,5);1-2H3;1H. The summed E-state index contributed by atoms with van der Waals surface area (Å²) in [6, 6.07) is 0. The van der Waals surface area contributed by atoms with Gasteiger partial charge in [-0.15, -0.1) is 0 Å². The van der Waals surface area contributed by atoms with Crippen LogP contribution in [-0.4, -0.2) is 22.8 Å². The van der Waals surface area contributed by atoms with Crippen molar-refractivity contribution in [2.45, 2.75) is 25.1 Å². The van der Waals surface area contributed by atoms with Crippen LogP contribution in [0.5, 0.6) is 0 Å². The molecule has 0 saturated carbocycles. The molecule has 4 nitrogen and oxygen atoms in total. The van der Waals surface area contributed by atoms with E-state index in [0.29, 0.717) is 6.61 Å². The highest BCUT2D eigenvalue weighted by Crippen LogP contribution is 2.03. The highest BCUT2D eigenvalue weighted by Gasteiger charge is 1.82. The first-order valence-corrected chi connectivity index (χ1v) is 4.86. The minimum absolute atomic E-state index is 0.167. The van der Waals surface area contributed by atoms with Gasteiger partial charge in [-0.05, 0) is 20.8 Å². The Morgan fingerprint density at radius 2 is 1.50 bits per heavy atom. The average molecular weight is 267 g/mol. The van der Waals surface area contributed by atoms with E-state index in [4.69, 9.17) is 34.8 Å². The minimum atomic E-state index is -0.750. The molecule has 0 unspecified atom stereocenters. The highest BCUT2D eigenvalue weighted by molar-refractivity contribution is 6.63. The molecule has 0 aliphatic rings. The lowest BCUT2D eigenvalue weighted by Gasteiger charge is -1.89. The van der Waals surface area contributed by atoms with Crippen LogP contribution in [0.2, 0.25) is 0 Å². The molecule has 0 aliphatic carbocycles. The van der Waals surface area contributed by atoms with E-state index in [1.165, 1.54) is 13.8 Å². The second-order valence-electron chi connectivity index (χ2n) is 1.91. The topological polar surface area (TPSA) is 69.4 Å². The number of primary amides is 1. The summed E-state index contributed by atoms with van der Waals surface area (Å²) < 4.78 is 3.43. The summed E-state index contributed by atoms with van der Waals surface area (Å²) in [5, 5.41) is 0. The highest BCUT2D eigenvalue weighted by atomic mass is 35.6. The molecule has 0 aromatic rings.